The number of anilines is 1. The number of nitrogens with zero attached hydrogens (tertiary/aromatic N) is 3. The van der Waals surface area contributed by atoms with Crippen molar-refractivity contribution in [1.29, 1.82) is 0 Å². The molecule has 158 valence electrons. The highest BCUT2D eigenvalue weighted by Crippen LogP contribution is 2.24. The molecule has 8 nitrogen and oxygen atoms in total. The number of fused-ring (bicyclic) bond motifs is 1. The molecular weight excluding hydrogens is 406 g/mol. The molecule has 2 aliphatic rings. The Morgan fingerprint density at radius 3 is 2.83 bits per heavy atom. The van der Waals surface area contributed by atoms with Gasteiger partial charge in [-0.05, 0) is 55.3 Å². The number of nitrogens with one attached hydrogen (secondary N) is 2. The molecule has 1 unspecified atom stereocenters. The van der Waals surface area contributed by atoms with Gasteiger partial charge in [-0.1, -0.05) is 11.6 Å². The zero-order valence-electron chi connectivity index (χ0n) is 16.7. The van der Waals surface area contributed by atoms with Crippen LogP contribution in [0.5, 0.6) is 0 Å². The van der Waals surface area contributed by atoms with E-state index in [9.17, 15) is 14.7 Å². The lowest BCUT2D eigenvalue weighted by Crippen LogP contribution is -2.41. The molecule has 0 radical (unpaired) electrons. The number of aliphatic carboxylic acids is 1. The third-order valence-electron chi connectivity index (χ3n) is 5.52. The van der Waals surface area contributed by atoms with E-state index in [1.807, 2.05) is 0 Å². The summed E-state index contributed by atoms with van der Waals surface area (Å²) in [6, 6.07) is 2.55. The van der Waals surface area contributed by atoms with Gasteiger partial charge in [0.25, 0.3) is 5.56 Å². The van der Waals surface area contributed by atoms with E-state index in [0.717, 1.165) is 31.5 Å². The molecule has 1 aromatic heterocycles. The predicted molar refractivity (Wildman–Crippen MR) is 117 cm³/mol. The molecule has 2 aliphatic heterocycles. The number of dihydropyridines is 1. The molecular formula is C21H24ClN5O3. The normalized spacial score (nSPS) is 18.8. The zero-order valence-corrected chi connectivity index (χ0v) is 17.4. The van der Waals surface area contributed by atoms with E-state index < -0.39 is 12.0 Å². The summed E-state index contributed by atoms with van der Waals surface area (Å²) in [5.74, 6) is -0.325. The van der Waals surface area contributed by atoms with E-state index in [1.165, 1.54) is 6.42 Å². The summed E-state index contributed by atoms with van der Waals surface area (Å²) < 4.78 is 1.58. The summed E-state index contributed by atoms with van der Waals surface area (Å²) in [5, 5.41) is 16.3. The highest BCUT2D eigenvalue weighted by molar-refractivity contribution is 6.31. The van der Waals surface area contributed by atoms with E-state index in [-0.39, 0.29) is 5.56 Å². The van der Waals surface area contributed by atoms with Crippen LogP contribution in [0.3, 0.4) is 0 Å². The maximum atomic E-state index is 13.1. The van der Waals surface area contributed by atoms with Crippen LogP contribution in [-0.2, 0) is 18.4 Å². The molecule has 2 aromatic rings. The summed E-state index contributed by atoms with van der Waals surface area (Å²) in [6.07, 6.45) is 8.39. The Hall–Kier alpha value is -3.00. The van der Waals surface area contributed by atoms with Crippen LogP contribution in [0, 0.1) is 0 Å². The standard InChI is InChI=1S/C21H24ClN5O3/c1-26-19(28)15-11-14(22)10-13(12-24-16-6-5-7-23-18(16)20(29)30)17(15)25-21(26)27-8-3-2-4-9-27/h5-7,10-11,18,23-24H,2-4,8-9,12H2,1H3,(H,29,30). The predicted octanol–water partition coefficient (Wildman–Crippen LogP) is 2.12. The Morgan fingerprint density at radius 2 is 2.10 bits per heavy atom. The fraction of sp³-hybridized carbons (Fsp3) is 0.381. The van der Waals surface area contributed by atoms with Gasteiger partial charge in [0.15, 0.2) is 6.04 Å². The third kappa shape index (κ3) is 3.87. The molecule has 0 amide bonds. The van der Waals surface area contributed by atoms with E-state index in [2.05, 4.69) is 15.5 Å². The molecule has 30 heavy (non-hydrogen) atoms. The van der Waals surface area contributed by atoms with Gasteiger partial charge in [-0.3, -0.25) is 9.36 Å². The second-order valence-electron chi connectivity index (χ2n) is 7.56. The van der Waals surface area contributed by atoms with Gasteiger partial charge in [-0.25, -0.2) is 9.78 Å². The van der Waals surface area contributed by atoms with Gasteiger partial charge in [-0.2, -0.15) is 0 Å². The number of allylic oxidation sites excluding steroid dienone is 2. The Kier molecular flexibility index (Phi) is 5.67. The topological polar surface area (TPSA) is 99.5 Å². The molecule has 0 saturated carbocycles. The first kappa shape index (κ1) is 20.3. The van der Waals surface area contributed by atoms with E-state index in [1.54, 1.807) is 42.1 Å². The molecule has 3 N–H and O–H groups in total. The highest BCUT2D eigenvalue weighted by Gasteiger charge is 2.23. The molecule has 0 spiro atoms. The number of carboxylic acids is 1. The van der Waals surface area contributed by atoms with Gasteiger partial charge in [0.2, 0.25) is 5.95 Å². The zero-order chi connectivity index (χ0) is 21.3. The maximum Gasteiger partial charge on any atom is 0.332 e. The summed E-state index contributed by atoms with van der Waals surface area (Å²) in [6.45, 7) is 2.04. The average Bonchev–Trinajstić information content (AvgIpc) is 2.75. The second kappa shape index (κ2) is 8.39. The number of hydrogen-bond donors (Lipinski definition) is 3. The van der Waals surface area contributed by atoms with Crippen LogP contribution < -0.4 is 21.1 Å². The minimum absolute atomic E-state index is 0.144. The monoisotopic (exact) mass is 429 g/mol. The Bertz CT molecular complexity index is 1100. The molecule has 4 rings (SSSR count). The van der Waals surface area contributed by atoms with Crippen molar-refractivity contribution in [3.8, 4) is 0 Å². The molecule has 1 aromatic carbocycles. The van der Waals surface area contributed by atoms with Crippen molar-refractivity contribution >= 4 is 34.4 Å². The number of carboxylic acid groups (broad SMARTS) is 1. The van der Waals surface area contributed by atoms with Crippen molar-refractivity contribution in [2.45, 2.75) is 31.8 Å². The van der Waals surface area contributed by atoms with Gasteiger partial charge < -0.3 is 20.6 Å². The van der Waals surface area contributed by atoms with Crippen LogP contribution in [0.1, 0.15) is 24.8 Å². The van der Waals surface area contributed by atoms with E-state index in [4.69, 9.17) is 16.6 Å². The Labute approximate surface area is 178 Å². The van der Waals surface area contributed by atoms with Crippen LogP contribution in [0.4, 0.5) is 5.95 Å². The summed E-state index contributed by atoms with van der Waals surface area (Å²) >= 11 is 6.29. The van der Waals surface area contributed by atoms with Crippen LogP contribution in [0.25, 0.3) is 10.9 Å². The number of rotatable bonds is 5. The Balaban J connectivity index is 1.73. The maximum absolute atomic E-state index is 13.1. The highest BCUT2D eigenvalue weighted by atomic mass is 35.5. The number of hydrogen-bond acceptors (Lipinski definition) is 6. The molecule has 1 saturated heterocycles. The minimum atomic E-state index is -0.978. The third-order valence-corrected chi connectivity index (χ3v) is 5.73. The van der Waals surface area contributed by atoms with Crippen molar-refractivity contribution in [3.63, 3.8) is 0 Å². The Morgan fingerprint density at radius 1 is 1.33 bits per heavy atom. The van der Waals surface area contributed by atoms with Crippen molar-refractivity contribution in [2.24, 2.45) is 7.05 Å². The average molecular weight is 430 g/mol. The van der Waals surface area contributed by atoms with Gasteiger partial charge in [-0.15, -0.1) is 0 Å². The molecule has 0 bridgehead atoms. The first-order chi connectivity index (χ1) is 14.5. The van der Waals surface area contributed by atoms with Crippen molar-refractivity contribution in [1.82, 2.24) is 20.2 Å². The minimum Gasteiger partial charge on any atom is -0.479 e. The van der Waals surface area contributed by atoms with Crippen LogP contribution >= 0.6 is 11.6 Å². The molecule has 9 heteroatoms. The van der Waals surface area contributed by atoms with E-state index in [0.29, 0.717) is 34.1 Å². The quantitative estimate of drug-likeness (QED) is 0.669. The van der Waals surface area contributed by atoms with Crippen LogP contribution in [0.2, 0.25) is 5.02 Å². The lowest BCUT2D eigenvalue weighted by molar-refractivity contribution is -0.138. The fourth-order valence-corrected chi connectivity index (χ4v) is 4.20. The van der Waals surface area contributed by atoms with Gasteiger partial charge in [0, 0.05) is 37.4 Å². The largest absolute Gasteiger partial charge is 0.479 e. The van der Waals surface area contributed by atoms with Gasteiger partial charge in [0.1, 0.15) is 0 Å². The second-order valence-corrected chi connectivity index (χ2v) is 7.99. The molecule has 1 fully saturated rings. The molecule has 3 heterocycles. The number of halogens is 1. The van der Waals surface area contributed by atoms with Crippen molar-refractivity contribution in [2.75, 3.05) is 18.0 Å². The van der Waals surface area contributed by atoms with Crippen molar-refractivity contribution < 1.29 is 9.90 Å². The van der Waals surface area contributed by atoms with Gasteiger partial charge in [0.05, 0.1) is 10.9 Å². The SMILES string of the molecule is Cn1c(N2CCCCC2)nc2c(CNC3=CC=CNC3C(=O)O)cc(Cl)cc2c1=O. The summed E-state index contributed by atoms with van der Waals surface area (Å²) in [5.41, 5.74) is 1.71. The smallest absolute Gasteiger partial charge is 0.332 e. The number of benzene rings is 1. The van der Waals surface area contributed by atoms with Crippen molar-refractivity contribution in [3.05, 3.63) is 57.1 Å². The lowest BCUT2D eigenvalue weighted by Gasteiger charge is -2.29. The first-order valence-corrected chi connectivity index (χ1v) is 10.4. The summed E-state index contributed by atoms with van der Waals surface area (Å²) in [4.78, 5) is 31.5. The number of aromatic nitrogens is 2. The van der Waals surface area contributed by atoms with Crippen LogP contribution in [0.15, 0.2) is 41.0 Å². The van der Waals surface area contributed by atoms with Crippen LogP contribution in [-0.4, -0.2) is 39.8 Å². The molecule has 0 aliphatic carbocycles. The lowest BCUT2D eigenvalue weighted by atomic mass is 10.1. The number of carbonyl (C=O) groups is 1. The van der Waals surface area contributed by atoms with Gasteiger partial charge >= 0.3 is 5.97 Å². The molecule has 1 atom stereocenters. The first-order valence-electron chi connectivity index (χ1n) is 9.99. The number of piperidine rings is 1. The fourth-order valence-electron chi connectivity index (χ4n) is 3.96. The van der Waals surface area contributed by atoms with E-state index >= 15 is 0 Å². The summed E-state index contributed by atoms with van der Waals surface area (Å²) in [7, 11) is 1.74.